The molecule has 0 atom stereocenters. The molecule has 88 valence electrons. The van der Waals surface area contributed by atoms with Crippen LogP contribution in [0.25, 0.3) is 0 Å². The fraction of sp³-hybridized carbons (Fsp3) is 0.636. The number of hydrogen-bond acceptors (Lipinski definition) is 3. The van der Waals surface area contributed by atoms with E-state index in [9.17, 15) is 0 Å². The van der Waals surface area contributed by atoms with E-state index in [1.807, 2.05) is 35.8 Å². The second kappa shape index (κ2) is 4.49. The third-order valence-electron chi connectivity index (χ3n) is 2.56. The predicted octanol–water partition coefficient (Wildman–Crippen LogP) is 1.43. The van der Waals surface area contributed by atoms with E-state index in [1.54, 1.807) is 0 Å². The van der Waals surface area contributed by atoms with E-state index >= 15 is 0 Å². The van der Waals surface area contributed by atoms with E-state index in [4.69, 9.17) is 0 Å². The molecule has 0 bridgehead atoms. The summed E-state index contributed by atoms with van der Waals surface area (Å²) >= 11 is 1.81. The Morgan fingerprint density at radius 2 is 2.44 bits per heavy atom. The van der Waals surface area contributed by atoms with E-state index < -0.39 is 0 Å². The molecule has 0 aliphatic carbocycles. The Morgan fingerprint density at radius 3 is 3.00 bits per heavy atom. The van der Waals surface area contributed by atoms with Gasteiger partial charge in [-0.25, -0.2) is 0 Å². The van der Waals surface area contributed by atoms with Gasteiger partial charge in [0.1, 0.15) is 0 Å². The third-order valence-corrected chi connectivity index (χ3v) is 3.93. The van der Waals surface area contributed by atoms with Crippen molar-refractivity contribution in [2.24, 2.45) is 12.0 Å². The Morgan fingerprint density at radius 1 is 1.62 bits per heavy atom. The summed E-state index contributed by atoms with van der Waals surface area (Å²) in [5.41, 5.74) is 1.42. The summed E-state index contributed by atoms with van der Waals surface area (Å²) in [5.74, 6) is 1.09. The molecule has 1 aromatic rings. The zero-order valence-corrected chi connectivity index (χ0v) is 10.8. The summed E-state index contributed by atoms with van der Waals surface area (Å²) in [5, 5.41) is 8.63. The van der Waals surface area contributed by atoms with Gasteiger partial charge in [-0.05, 0) is 19.9 Å². The highest BCUT2D eigenvalue weighted by molar-refractivity contribution is 8.14. The summed E-state index contributed by atoms with van der Waals surface area (Å²) in [4.78, 5) is 4.56. The minimum atomic E-state index is 0.191. The topological polar surface area (TPSA) is 42.2 Å². The van der Waals surface area contributed by atoms with Gasteiger partial charge in [0.25, 0.3) is 0 Å². The lowest BCUT2D eigenvalue weighted by Gasteiger charge is -2.15. The first-order valence-electron chi connectivity index (χ1n) is 5.49. The second-order valence-electron chi connectivity index (χ2n) is 4.68. The Balaban J connectivity index is 1.85. The van der Waals surface area contributed by atoms with Crippen LogP contribution >= 0.6 is 11.8 Å². The first-order chi connectivity index (χ1) is 7.57. The van der Waals surface area contributed by atoms with Gasteiger partial charge in [0.15, 0.2) is 5.17 Å². The van der Waals surface area contributed by atoms with E-state index in [-0.39, 0.29) is 5.54 Å². The molecule has 5 heteroatoms. The van der Waals surface area contributed by atoms with Crippen molar-refractivity contribution in [3.05, 3.63) is 18.0 Å². The van der Waals surface area contributed by atoms with Crippen LogP contribution in [0.4, 0.5) is 0 Å². The number of aromatic nitrogens is 2. The zero-order valence-electron chi connectivity index (χ0n) is 10.0. The molecule has 1 saturated heterocycles. The Hall–Kier alpha value is -0.970. The van der Waals surface area contributed by atoms with Crippen LogP contribution in [-0.4, -0.2) is 32.8 Å². The minimum absolute atomic E-state index is 0.191. The van der Waals surface area contributed by atoms with Crippen molar-refractivity contribution in [3.8, 4) is 0 Å². The molecule has 1 fully saturated rings. The Labute approximate surface area is 101 Å². The van der Waals surface area contributed by atoms with Gasteiger partial charge in [0, 0.05) is 43.2 Å². The summed E-state index contributed by atoms with van der Waals surface area (Å²) in [6.45, 7) is 5.22. The van der Waals surface area contributed by atoms with Gasteiger partial charge >= 0.3 is 0 Å². The van der Waals surface area contributed by atoms with E-state index in [0.717, 1.165) is 23.9 Å². The smallest absolute Gasteiger partial charge is 0.157 e. The molecule has 1 aromatic heterocycles. The van der Waals surface area contributed by atoms with Gasteiger partial charge in [0.05, 0.1) is 0 Å². The van der Waals surface area contributed by atoms with Crippen molar-refractivity contribution in [1.29, 1.82) is 0 Å². The highest BCUT2D eigenvalue weighted by Crippen LogP contribution is 2.21. The quantitative estimate of drug-likeness (QED) is 0.866. The van der Waals surface area contributed by atoms with Crippen LogP contribution < -0.4 is 5.32 Å². The van der Waals surface area contributed by atoms with E-state index in [1.165, 1.54) is 5.69 Å². The first-order valence-corrected chi connectivity index (χ1v) is 6.48. The Bertz CT molecular complexity index is 394. The van der Waals surface area contributed by atoms with Crippen LogP contribution in [-0.2, 0) is 13.5 Å². The van der Waals surface area contributed by atoms with E-state index in [2.05, 4.69) is 29.3 Å². The molecular formula is C11H18N4S. The van der Waals surface area contributed by atoms with Crippen molar-refractivity contribution in [1.82, 2.24) is 15.1 Å². The van der Waals surface area contributed by atoms with Crippen LogP contribution in [0.1, 0.15) is 19.5 Å². The monoisotopic (exact) mass is 238 g/mol. The van der Waals surface area contributed by atoms with Gasteiger partial charge in [-0.15, -0.1) is 0 Å². The fourth-order valence-electron chi connectivity index (χ4n) is 1.61. The second-order valence-corrected chi connectivity index (χ2v) is 5.64. The van der Waals surface area contributed by atoms with Gasteiger partial charge in [-0.1, -0.05) is 11.8 Å². The van der Waals surface area contributed by atoms with Gasteiger partial charge in [-0.3, -0.25) is 9.67 Å². The number of rotatable bonds is 3. The van der Waals surface area contributed by atoms with Crippen molar-refractivity contribution in [2.45, 2.75) is 25.8 Å². The molecule has 0 unspecified atom stereocenters. The van der Waals surface area contributed by atoms with Crippen molar-refractivity contribution >= 4 is 16.9 Å². The molecule has 1 N–H and O–H groups in total. The van der Waals surface area contributed by atoms with Crippen LogP contribution in [0.15, 0.2) is 17.3 Å². The molecule has 1 aliphatic heterocycles. The molecule has 1 aliphatic rings. The molecule has 2 heterocycles. The molecule has 16 heavy (non-hydrogen) atoms. The molecule has 4 nitrogen and oxygen atoms in total. The average Bonchev–Trinajstić information content (AvgIpc) is 2.74. The summed E-state index contributed by atoms with van der Waals surface area (Å²) in [7, 11) is 1.97. The standard InChI is InChI=1S/C11H18N4S/c1-11(2)8-16-10(14-11)12-6-4-9-5-7-13-15(9)3/h5,7H,4,6,8H2,1-3H3,(H,12,14). The van der Waals surface area contributed by atoms with Crippen molar-refractivity contribution < 1.29 is 0 Å². The van der Waals surface area contributed by atoms with Gasteiger partial charge in [0.2, 0.25) is 0 Å². The maximum absolute atomic E-state index is 4.56. The maximum Gasteiger partial charge on any atom is 0.157 e. The fourth-order valence-corrected chi connectivity index (χ4v) is 2.71. The van der Waals surface area contributed by atoms with Crippen LogP contribution in [0.3, 0.4) is 0 Å². The van der Waals surface area contributed by atoms with Crippen molar-refractivity contribution in [3.63, 3.8) is 0 Å². The maximum atomic E-state index is 4.56. The number of hydrogen-bond donors (Lipinski definition) is 1. The lowest BCUT2D eigenvalue weighted by Crippen LogP contribution is -2.36. The third kappa shape index (κ3) is 2.78. The normalized spacial score (nSPS) is 21.3. The summed E-state index contributed by atoms with van der Waals surface area (Å²) in [6.07, 6.45) is 2.77. The zero-order chi connectivity index (χ0) is 11.6. The van der Waals surface area contributed by atoms with Crippen LogP contribution in [0, 0.1) is 0 Å². The SMILES string of the molecule is Cn1nccc1CCN=C1NC(C)(C)CS1. The summed E-state index contributed by atoms with van der Waals surface area (Å²) < 4.78 is 1.90. The highest BCUT2D eigenvalue weighted by Gasteiger charge is 2.26. The number of aliphatic imine (C=N–C) groups is 1. The number of nitrogens with zero attached hydrogens (tertiary/aromatic N) is 3. The highest BCUT2D eigenvalue weighted by atomic mass is 32.2. The largest absolute Gasteiger partial charge is 0.359 e. The minimum Gasteiger partial charge on any atom is -0.359 e. The molecule has 0 saturated carbocycles. The lowest BCUT2D eigenvalue weighted by molar-refractivity contribution is 0.536. The number of amidine groups is 1. The van der Waals surface area contributed by atoms with Crippen LogP contribution in [0.2, 0.25) is 0 Å². The molecule has 0 amide bonds. The van der Waals surface area contributed by atoms with Gasteiger partial charge < -0.3 is 5.32 Å². The molecule has 0 spiro atoms. The molecule has 2 rings (SSSR count). The van der Waals surface area contributed by atoms with E-state index in [0.29, 0.717) is 0 Å². The van der Waals surface area contributed by atoms with Crippen molar-refractivity contribution in [2.75, 3.05) is 12.3 Å². The number of thioether (sulfide) groups is 1. The molecular weight excluding hydrogens is 220 g/mol. The number of aryl methyl sites for hydroxylation is 1. The Kier molecular flexibility index (Phi) is 3.23. The average molecular weight is 238 g/mol. The first kappa shape index (κ1) is 11.5. The lowest BCUT2D eigenvalue weighted by atomic mass is 10.1. The molecule has 0 radical (unpaired) electrons. The molecule has 0 aromatic carbocycles. The van der Waals surface area contributed by atoms with Gasteiger partial charge in [-0.2, -0.15) is 5.10 Å². The van der Waals surface area contributed by atoms with Crippen LogP contribution in [0.5, 0.6) is 0 Å². The predicted molar refractivity (Wildman–Crippen MR) is 68.9 cm³/mol. The number of nitrogens with one attached hydrogen (secondary N) is 1. The summed E-state index contributed by atoms with van der Waals surface area (Å²) in [6, 6.07) is 2.04.